The van der Waals surface area contributed by atoms with Crippen LogP contribution in [0.15, 0.2) is 53.1 Å². The third-order valence-corrected chi connectivity index (χ3v) is 4.27. The van der Waals surface area contributed by atoms with Gasteiger partial charge in [0.2, 0.25) is 0 Å². The maximum absolute atomic E-state index is 13.4. The molecule has 0 bridgehead atoms. The number of hydrogen-bond acceptors (Lipinski definition) is 4. The minimum Gasteiger partial charge on any atom is -0.389 e. The summed E-state index contributed by atoms with van der Waals surface area (Å²) >= 11 is 1.61. The lowest BCUT2D eigenvalue weighted by atomic mass is 10.1. The number of aryl methyl sites for hydroxylation is 1. The third kappa shape index (κ3) is 3.90. The van der Waals surface area contributed by atoms with Gasteiger partial charge < -0.3 is 9.57 Å². The third-order valence-electron chi connectivity index (χ3n) is 3.20. The van der Waals surface area contributed by atoms with E-state index < -0.39 is 11.7 Å². The molecule has 1 aliphatic rings. The molecule has 0 radical (unpaired) electrons. The first kappa shape index (κ1) is 16.6. The van der Waals surface area contributed by atoms with Crippen LogP contribution in [0.5, 0.6) is 0 Å². The highest BCUT2D eigenvalue weighted by atomic mass is 32.1. The summed E-state index contributed by atoms with van der Waals surface area (Å²) in [5.41, 5.74) is 1.80. The summed E-state index contributed by atoms with van der Waals surface area (Å²) in [5, 5.41) is 6.06. The summed E-state index contributed by atoms with van der Waals surface area (Å²) in [7, 11) is 0. The number of oxime groups is 1. The van der Waals surface area contributed by atoms with Crippen molar-refractivity contribution < 1.29 is 18.4 Å². The first-order chi connectivity index (χ1) is 10.5. The first-order valence-corrected chi connectivity index (χ1v) is 7.61. The van der Waals surface area contributed by atoms with Crippen molar-refractivity contribution in [3.8, 4) is 0 Å². The summed E-state index contributed by atoms with van der Waals surface area (Å²) < 4.78 is 31.8. The fourth-order valence-corrected chi connectivity index (χ4v) is 2.93. The lowest BCUT2D eigenvalue weighted by Gasteiger charge is -2.10. The average molecular weight is 325 g/mol. The Morgan fingerprint density at radius 1 is 1.59 bits per heavy atom. The monoisotopic (exact) mass is 325 g/mol. The van der Waals surface area contributed by atoms with Crippen molar-refractivity contribution in [2.24, 2.45) is 5.16 Å². The Kier molecular flexibility index (Phi) is 5.63. The van der Waals surface area contributed by atoms with E-state index in [4.69, 9.17) is 9.57 Å². The van der Waals surface area contributed by atoms with E-state index in [1.165, 1.54) is 0 Å². The van der Waals surface area contributed by atoms with Crippen molar-refractivity contribution in [3.05, 3.63) is 58.3 Å². The highest BCUT2D eigenvalue weighted by Crippen LogP contribution is 2.24. The van der Waals surface area contributed by atoms with Gasteiger partial charge in [-0.3, -0.25) is 0 Å². The van der Waals surface area contributed by atoms with E-state index in [9.17, 15) is 8.78 Å². The molecule has 3 nitrogen and oxygen atoms in total. The topological polar surface area (TPSA) is 30.8 Å². The second-order valence-electron chi connectivity index (χ2n) is 4.85. The standard InChI is InChI=1S/C16H17F2NO2S/c1-4-14(18)13(11(3)17)9-20-8-12-7-15(19-21-12)16-10(2)5-6-22-16/h4-6,12H,1,3,7-9H2,2H3/b14-13+/t12-/m1/s1. The Hall–Kier alpha value is -1.79. The zero-order valence-corrected chi connectivity index (χ0v) is 13.1. The lowest BCUT2D eigenvalue weighted by molar-refractivity contribution is 0.00905. The van der Waals surface area contributed by atoms with Crippen LogP contribution in [-0.2, 0) is 9.57 Å². The molecule has 0 saturated heterocycles. The molecule has 118 valence electrons. The molecule has 0 saturated carbocycles. The SMILES string of the molecule is C=C/C(F)=C(/COC[C@H]1CC(c2sccc2C)=NO1)C(=C)F. The quantitative estimate of drug-likeness (QED) is 0.693. The van der Waals surface area contributed by atoms with E-state index in [2.05, 4.69) is 18.3 Å². The second-order valence-corrected chi connectivity index (χ2v) is 5.77. The minimum atomic E-state index is -0.865. The molecule has 22 heavy (non-hydrogen) atoms. The van der Waals surface area contributed by atoms with Crippen LogP contribution in [0, 0.1) is 6.92 Å². The van der Waals surface area contributed by atoms with Crippen LogP contribution in [0.3, 0.4) is 0 Å². The van der Waals surface area contributed by atoms with Gasteiger partial charge in [0, 0.05) is 12.0 Å². The molecular weight excluding hydrogens is 308 g/mol. The average Bonchev–Trinajstić information content (AvgIpc) is 3.11. The van der Waals surface area contributed by atoms with Gasteiger partial charge in [-0.1, -0.05) is 18.3 Å². The summed E-state index contributed by atoms with van der Waals surface area (Å²) in [6, 6.07) is 2.02. The Morgan fingerprint density at radius 2 is 2.36 bits per heavy atom. The van der Waals surface area contributed by atoms with Gasteiger partial charge in [-0.2, -0.15) is 0 Å². The molecule has 0 amide bonds. The Balaban J connectivity index is 1.84. The molecule has 1 aromatic rings. The Morgan fingerprint density at radius 3 is 2.95 bits per heavy atom. The highest BCUT2D eigenvalue weighted by Gasteiger charge is 2.24. The molecule has 6 heteroatoms. The van der Waals surface area contributed by atoms with E-state index >= 15 is 0 Å². The molecule has 1 atom stereocenters. The van der Waals surface area contributed by atoms with Gasteiger partial charge >= 0.3 is 0 Å². The Labute approximate surface area is 132 Å². The normalized spacial score (nSPS) is 18.5. The molecule has 0 unspecified atom stereocenters. The summed E-state index contributed by atoms with van der Waals surface area (Å²) in [6.07, 6.45) is 1.29. The van der Waals surface area contributed by atoms with Crippen molar-refractivity contribution in [1.82, 2.24) is 0 Å². The van der Waals surface area contributed by atoms with E-state index in [0.29, 0.717) is 6.42 Å². The first-order valence-electron chi connectivity index (χ1n) is 6.73. The molecule has 0 spiro atoms. The van der Waals surface area contributed by atoms with E-state index in [1.807, 2.05) is 18.4 Å². The predicted octanol–water partition coefficient (Wildman–Crippen LogP) is 4.46. The summed E-state index contributed by atoms with van der Waals surface area (Å²) in [5.74, 6) is -1.64. The molecule has 0 fully saturated rings. The summed E-state index contributed by atoms with van der Waals surface area (Å²) in [6.45, 7) is 8.33. The number of ether oxygens (including phenoxy) is 1. The van der Waals surface area contributed by atoms with Crippen molar-refractivity contribution in [2.45, 2.75) is 19.4 Å². The van der Waals surface area contributed by atoms with Crippen LogP contribution < -0.4 is 0 Å². The highest BCUT2D eigenvalue weighted by molar-refractivity contribution is 7.12. The zero-order chi connectivity index (χ0) is 16.1. The molecule has 0 aromatic carbocycles. The van der Waals surface area contributed by atoms with E-state index in [1.54, 1.807) is 11.3 Å². The number of hydrogen-bond donors (Lipinski definition) is 0. The fraction of sp³-hybridized carbons (Fsp3) is 0.312. The van der Waals surface area contributed by atoms with Crippen LogP contribution in [0.25, 0.3) is 0 Å². The van der Waals surface area contributed by atoms with Crippen molar-refractivity contribution >= 4 is 17.0 Å². The van der Waals surface area contributed by atoms with E-state index in [-0.39, 0.29) is 24.9 Å². The number of halogens is 2. The smallest absolute Gasteiger partial charge is 0.156 e. The van der Waals surface area contributed by atoms with Crippen molar-refractivity contribution in [3.63, 3.8) is 0 Å². The van der Waals surface area contributed by atoms with Crippen LogP contribution in [0.1, 0.15) is 16.9 Å². The van der Waals surface area contributed by atoms with Crippen LogP contribution >= 0.6 is 11.3 Å². The van der Waals surface area contributed by atoms with Gasteiger partial charge in [0.05, 0.1) is 18.1 Å². The van der Waals surface area contributed by atoms with Crippen LogP contribution in [-0.4, -0.2) is 25.0 Å². The van der Waals surface area contributed by atoms with Gasteiger partial charge in [0.25, 0.3) is 0 Å². The molecule has 2 rings (SSSR count). The van der Waals surface area contributed by atoms with Gasteiger partial charge in [-0.15, -0.1) is 11.3 Å². The van der Waals surface area contributed by atoms with Crippen molar-refractivity contribution in [1.29, 1.82) is 0 Å². The Bertz CT molecular complexity index is 634. The van der Waals surface area contributed by atoms with Gasteiger partial charge in [-0.05, 0) is 30.0 Å². The largest absolute Gasteiger partial charge is 0.389 e. The molecule has 0 aliphatic carbocycles. The summed E-state index contributed by atoms with van der Waals surface area (Å²) in [4.78, 5) is 6.39. The van der Waals surface area contributed by atoms with Crippen LogP contribution in [0.4, 0.5) is 8.78 Å². The molecular formula is C16H17F2NO2S. The van der Waals surface area contributed by atoms with E-state index in [0.717, 1.165) is 22.2 Å². The maximum Gasteiger partial charge on any atom is 0.156 e. The predicted molar refractivity (Wildman–Crippen MR) is 84.5 cm³/mol. The number of allylic oxidation sites excluding steroid dienone is 2. The van der Waals surface area contributed by atoms with Gasteiger partial charge in [0.15, 0.2) is 6.10 Å². The number of rotatable bonds is 7. The molecule has 2 heterocycles. The number of thiophene rings is 1. The minimum absolute atomic E-state index is 0.193. The fourth-order valence-electron chi connectivity index (χ4n) is 2.01. The lowest BCUT2D eigenvalue weighted by Crippen LogP contribution is -2.17. The molecule has 1 aromatic heterocycles. The molecule has 1 aliphatic heterocycles. The maximum atomic E-state index is 13.4. The van der Waals surface area contributed by atoms with Crippen LogP contribution in [0.2, 0.25) is 0 Å². The molecule has 0 N–H and O–H groups in total. The van der Waals surface area contributed by atoms with Gasteiger partial charge in [0.1, 0.15) is 17.4 Å². The second kappa shape index (κ2) is 7.47. The zero-order valence-electron chi connectivity index (χ0n) is 12.3. The van der Waals surface area contributed by atoms with Crippen molar-refractivity contribution in [2.75, 3.05) is 13.2 Å². The number of nitrogens with zero attached hydrogens (tertiary/aromatic N) is 1. The van der Waals surface area contributed by atoms with Gasteiger partial charge in [-0.25, -0.2) is 8.78 Å².